The van der Waals surface area contributed by atoms with E-state index in [1.165, 1.54) is 11.1 Å². The van der Waals surface area contributed by atoms with E-state index in [0.29, 0.717) is 12.5 Å². The third-order valence-electron chi connectivity index (χ3n) is 3.37. The van der Waals surface area contributed by atoms with Crippen LogP contribution in [0.25, 0.3) is 0 Å². The van der Waals surface area contributed by atoms with Crippen molar-refractivity contribution in [2.24, 2.45) is 0 Å². The van der Waals surface area contributed by atoms with Crippen LogP contribution in [0, 0.1) is 6.92 Å². The molecular weight excluding hydrogens is 236 g/mol. The van der Waals surface area contributed by atoms with Gasteiger partial charge in [-0.15, -0.1) is 0 Å². The van der Waals surface area contributed by atoms with Crippen LogP contribution >= 0.6 is 0 Å². The van der Waals surface area contributed by atoms with Gasteiger partial charge in [-0.05, 0) is 37.3 Å². The van der Waals surface area contributed by atoms with Gasteiger partial charge in [0, 0.05) is 11.7 Å². The number of aryl methyl sites for hydroxylation is 1. The van der Waals surface area contributed by atoms with Gasteiger partial charge in [-0.1, -0.05) is 39.0 Å². The topological polar surface area (TPSA) is 41.1 Å². The van der Waals surface area contributed by atoms with Crippen molar-refractivity contribution in [3.05, 3.63) is 29.3 Å². The summed E-state index contributed by atoms with van der Waals surface area (Å²) in [6.45, 7) is 10.8. The largest absolute Gasteiger partial charge is 0.376 e. The van der Waals surface area contributed by atoms with Crippen molar-refractivity contribution in [1.29, 1.82) is 0 Å². The maximum atomic E-state index is 11.8. The Morgan fingerprint density at radius 3 is 2.53 bits per heavy atom. The Balaban J connectivity index is 2.70. The van der Waals surface area contributed by atoms with Crippen molar-refractivity contribution >= 4 is 11.6 Å². The van der Waals surface area contributed by atoms with E-state index in [1.54, 1.807) is 0 Å². The number of amides is 1. The molecule has 3 heteroatoms. The Labute approximate surface area is 116 Å². The van der Waals surface area contributed by atoms with Crippen LogP contribution in [0.5, 0.6) is 0 Å². The van der Waals surface area contributed by atoms with Gasteiger partial charge >= 0.3 is 0 Å². The molecule has 0 saturated carbocycles. The SMILES string of the molecule is CCC(C)NC(=O)CNc1c(C)cccc1C(C)C. The summed E-state index contributed by atoms with van der Waals surface area (Å²) in [6.07, 6.45) is 0.952. The summed E-state index contributed by atoms with van der Waals surface area (Å²) in [4.78, 5) is 11.8. The van der Waals surface area contributed by atoms with Gasteiger partial charge in [-0.3, -0.25) is 4.79 Å². The molecule has 19 heavy (non-hydrogen) atoms. The highest BCUT2D eigenvalue weighted by Crippen LogP contribution is 2.27. The molecule has 1 rings (SSSR count). The second-order valence-electron chi connectivity index (χ2n) is 5.42. The van der Waals surface area contributed by atoms with Crippen molar-refractivity contribution in [2.45, 2.75) is 53.0 Å². The number of hydrogen-bond donors (Lipinski definition) is 2. The number of anilines is 1. The van der Waals surface area contributed by atoms with E-state index < -0.39 is 0 Å². The molecule has 1 amide bonds. The Morgan fingerprint density at radius 2 is 1.95 bits per heavy atom. The Morgan fingerprint density at radius 1 is 1.26 bits per heavy atom. The van der Waals surface area contributed by atoms with Crippen molar-refractivity contribution in [3.8, 4) is 0 Å². The molecule has 1 aromatic carbocycles. The minimum absolute atomic E-state index is 0.0484. The highest BCUT2D eigenvalue weighted by Gasteiger charge is 2.11. The van der Waals surface area contributed by atoms with E-state index >= 15 is 0 Å². The van der Waals surface area contributed by atoms with Gasteiger partial charge in [0.1, 0.15) is 0 Å². The van der Waals surface area contributed by atoms with Crippen LogP contribution in [-0.4, -0.2) is 18.5 Å². The van der Waals surface area contributed by atoms with Crippen molar-refractivity contribution in [3.63, 3.8) is 0 Å². The average Bonchev–Trinajstić information content (AvgIpc) is 2.36. The van der Waals surface area contributed by atoms with Crippen LogP contribution in [0.1, 0.15) is 51.2 Å². The fraction of sp³-hybridized carbons (Fsp3) is 0.562. The molecule has 0 aliphatic carbocycles. The summed E-state index contributed by atoms with van der Waals surface area (Å²) in [6, 6.07) is 6.48. The monoisotopic (exact) mass is 262 g/mol. The quantitative estimate of drug-likeness (QED) is 0.824. The van der Waals surface area contributed by atoms with Crippen LogP contribution in [0.3, 0.4) is 0 Å². The normalized spacial score (nSPS) is 12.3. The third kappa shape index (κ3) is 4.58. The number of carbonyl (C=O) groups is 1. The average molecular weight is 262 g/mol. The number of benzene rings is 1. The molecule has 0 radical (unpaired) electrons. The van der Waals surface area contributed by atoms with E-state index in [2.05, 4.69) is 56.5 Å². The molecule has 0 aromatic heterocycles. The Hall–Kier alpha value is -1.51. The minimum Gasteiger partial charge on any atom is -0.376 e. The number of carbonyl (C=O) groups excluding carboxylic acids is 1. The summed E-state index contributed by atoms with van der Waals surface area (Å²) in [5, 5.41) is 6.25. The fourth-order valence-corrected chi connectivity index (χ4v) is 2.01. The maximum absolute atomic E-state index is 11.8. The standard InChI is InChI=1S/C16H26N2O/c1-6-13(5)18-15(19)10-17-16-12(4)8-7-9-14(16)11(2)3/h7-9,11,13,17H,6,10H2,1-5H3,(H,18,19). The molecule has 0 fully saturated rings. The molecule has 106 valence electrons. The predicted octanol–water partition coefficient (Wildman–Crippen LogP) is 3.45. The zero-order valence-electron chi connectivity index (χ0n) is 12.7. The van der Waals surface area contributed by atoms with Crippen LogP contribution < -0.4 is 10.6 Å². The molecular formula is C16H26N2O. The lowest BCUT2D eigenvalue weighted by Gasteiger charge is -2.18. The summed E-state index contributed by atoms with van der Waals surface area (Å²) in [5.74, 6) is 0.493. The molecule has 3 nitrogen and oxygen atoms in total. The van der Waals surface area contributed by atoms with Crippen molar-refractivity contribution < 1.29 is 4.79 Å². The molecule has 1 atom stereocenters. The smallest absolute Gasteiger partial charge is 0.239 e. The van der Waals surface area contributed by atoms with E-state index in [4.69, 9.17) is 0 Å². The first kappa shape index (κ1) is 15.5. The second kappa shape index (κ2) is 7.17. The molecule has 0 heterocycles. The lowest BCUT2D eigenvalue weighted by Crippen LogP contribution is -2.36. The van der Waals surface area contributed by atoms with Gasteiger partial charge < -0.3 is 10.6 Å². The number of nitrogens with one attached hydrogen (secondary N) is 2. The van der Waals surface area contributed by atoms with E-state index in [1.807, 2.05) is 6.92 Å². The lowest BCUT2D eigenvalue weighted by molar-refractivity contribution is -0.120. The predicted molar refractivity (Wildman–Crippen MR) is 81.7 cm³/mol. The summed E-state index contributed by atoms with van der Waals surface area (Å²) < 4.78 is 0. The van der Waals surface area contributed by atoms with Gasteiger partial charge in [0.25, 0.3) is 0 Å². The minimum atomic E-state index is 0.0484. The van der Waals surface area contributed by atoms with Crippen molar-refractivity contribution in [1.82, 2.24) is 5.32 Å². The van der Waals surface area contributed by atoms with Crippen molar-refractivity contribution in [2.75, 3.05) is 11.9 Å². The van der Waals surface area contributed by atoms with Crippen LogP contribution in [-0.2, 0) is 4.79 Å². The first-order valence-electron chi connectivity index (χ1n) is 7.08. The summed E-state index contributed by atoms with van der Waals surface area (Å²) in [7, 11) is 0. The molecule has 0 bridgehead atoms. The van der Waals surface area contributed by atoms with E-state index in [9.17, 15) is 4.79 Å². The number of rotatable bonds is 6. The number of para-hydroxylation sites is 1. The van der Waals surface area contributed by atoms with Gasteiger partial charge in [-0.25, -0.2) is 0 Å². The molecule has 0 saturated heterocycles. The summed E-state index contributed by atoms with van der Waals surface area (Å²) in [5.41, 5.74) is 3.54. The molecule has 0 aliphatic rings. The highest BCUT2D eigenvalue weighted by molar-refractivity contribution is 5.81. The maximum Gasteiger partial charge on any atom is 0.239 e. The summed E-state index contributed by atoms with van der Waals surface area (Å²) >= 11 is 0. The fourth-order valence-electron chi connectivity index (χ4n) is 2.01. The second-order valence-corrected chi connectivity index (χ2v) is 5.42. The van der Waals surface area contributed by atoms with Gasteiger partial charge in [0.05, 0.1) is 6.54 Å². The van der Waals surface area contributed by atoms with E-state index in [0.717, 1.165) is 12.1 Å². The highest BCUT2D eigenvalue weighted by atomic mass is 16.1. The van der Waals surface area contributed by atoms with Gasteiger partial charge in [-0.2, -0.15) is 0 Å². The Kier molecular flexibility index (Phi) is 5.87. The van der Waals surface area contributed by atoms with Crippen LogP contribution in [0.4, 0.5) is 5.69 Å². The molecule has 1 aromatic rings. The van der Waals surface area contributed by atoms with Crippen LogP contribution in [0.15, 0.2) is 18.2 Å². The zero-order valence-corrected chi connectivity index (χ0v) is 12.7. The number of hydrogen-bond acceptors (Lipinski definition) is 2. The first-order valence-corrected chi connectivity index (χ1v) is 7.08. The molecule has 0 aliphatic heterocycles. The van der Waals surface area contributed by atoms with Gasteiger partial charge in [0.15, 0.2) is 0 Å². The molecule has 1 unspecified atom stereocenters. The molecule has 2 N–H and O–H groups in total. The third-order valence-corrected chi connectivity index (χ3v) is 3.37. The van der Waals surface area contributed by atoms with Gasteiger partial charge in [0.2, 0.25) is 5.91 Å². The first-order chi connectivity index (χ1) is 8.95. The Bertz CT molecular complexity index is 427. The lowest BCUT2D eigenvalue weighted by atomic mass is 9.98. The molecule has 0 spiro atoms. The van der Waals surface area contributed by atoms with Crippen LogP contribution in [0.2, 0.25) is 0 Å². The van der Waals surface area contributed by atoms with E-state index in [-0.39, 0.29) is 11.9 Å². The zero-order chi connectivity index (χ0) is 14.4.